The molecule has 3 unspecified atom stereocenters. The van der Waals surface area contributed by atoms with Crippen LogP contribution in [0.3, 0.4) is 0 Å². The highest BCUT2D eigenvalue weighted by atomic mass is 16.5. The Morgan fingerprint density at radius 1 is 0.462 bits per heavy atom. The van der Waals surface area contributed by atoms with Crippen LogP contribution in [0.2, 0.25) is 0 Å². The van der Waals surface area contributed by atoms with E-state index in [-0.39, 0.29) is 24.9 Å². The second-order valence-electron chi connectivity index (χ2n) is 17.9. The Labute approximate surface area is 401 Å². The Bertz CT molecular complexity index is 1290. The molecule has 3 N–H and O–H groups in total. The molecule has 0 aromatic carbocycles. The van der Waals surface area contributed by atoms with Crippen molar-refractivity contribution in [3.05, 3.63) is 97.2 Å². The maximum absolute atomic E-state index is 13.2. The minimum atomic E-state index is -0.810. The van der Waals surface area contributed by atoms with Crippen LogP contribution < -0.4 is 5.32 Å². The highest BCUT2D eigenvalue weighted by Crippen LogP contribution is 2.16. The van der Waals surface area contributed by atoms with E-state index in [1.807, 2.05) is 0 Å². The van der Waals surface area contributed by atoms with Gasteiger partial charge in [-0.05, 0) is 103 Å². The Morgan fingerprint density at radius 3 is 1.32 bits per heavy atom. The SMILES string of the molecule is CC/C=C\C/C=C\C/C=C\C/C=C\C/C=C\CCCC(CC(=O)NC(CO)C(O)CCCCCCCCCCCC)OC(=O)CCCCCCCC/C=C\C/C=C\C/C=C\CCCCC. The smallest absolute Gasteiger partial charge is 0.306 e. The second-order valence-corrected chi connectivity index (χ2v) is 17.9. The summed E-state index contributed by atoms with van der Waals surface area (Å²) in [6.45, 7) is 6.31. The zero-order valence-corrected chi connectivity index (χ0v) is 42.3. The fourth-order valence-corrected chi connectivity index (χ4v) is 7.59. The van der Waals surface area contributed by atoms with Gasteiger partial charge in [0.05, 0.1) is 25.2 Å². The molecule has 0 fully saturated rings. The summed E-state index contributed by atoms with van der Waals surface area (Å²) in [6.07, 6.45) is 69.0. The average Bonchev–Trinajstić information content (AvgIpc) is 3.30. The summed E-state index contributed by atoms with van der Waals surface area (Å²) in [5, 5.41) is 23.7. The number of aliphatic hydroxyl groups is 2. The van der Waals surface area contributed by atoms with Crippen LogP contribution in [-0.4, -0.2) is 46.9 Å². The first kappa shape index (κ1) is 61.8. The number of nitrogens with one attached hydrogen (secondary N) is 1. The fourth-order valence-electron chi connectivity index (χ4n) is 7.59. The van der Waals surface area contributed by atoms with Crippen LogP contribution in [-0.2, 0) is 14.3 Å². The van der Waals surface area contributed by atoms with E-state index in [1.165, 1.54) is 89.9 Å². The number of unbranched alkanes of at least 4 members (excludes halogenated alkanes) is 19. The van der Waals surface area contributed by atoms with Gasteiger partial charge >= 0.3 is 5.97 Å². The van der Waals surface area contributed by atoms with Gasteiger partial charge in [-0.15, -0.1) is 0 Å². The minimum Gasteiger partial charge on any atom is -0.462 e. The standard InChI is InChI=1S/C59H101NO5/c1-4-7-10-13-16-19-22-24-26-28-29-31-33-35-37-40-43-46-49-52-59(64)65-55(50-47-44-41-38-36-34-32-30-27-25-23-20-17-14-11-8-5-2)53-58(63)60-56(54-61)57(62)51-48-45-42-39-21-18-15-12-9-6-3/h8,11,16-17,19-20,24-27,29,31-32,34,38,41,55-57,61-62H,4-7,9-10,12-15,18,21-23,28,30,33,35-37,39-40,42-54H2,1-3H3,(H,60,63)/b11-8-,19-16-,20-17-,26-24-,27-25-,31-29-,34-32-,41-38-. The number of ether oxygens (including phenoxy) is 1. The van der Waals surface area contributed by atoms with Crippen LogP contribution in [0.1, 0.15) is 239 Å². The van der Waals surface area contributed by atoms with Crippen molar-refractivity contribution >= 4 is 11.9 Å². The molecule has 0 aliphatic rings. The van der Waals surface area contributed by atoms with Gasteiger partial charge in [0.15, 0.2) is 0 Å². The zero-order valence-electron chi connectivity index (χ0n) is 42.3. The lowest BCUT2D eigenvalue weighted by atomic mass is 10.0. The van der Waals surface area contributed by atoms with Crippen molar-refractivity contribution in [2.45, 2.75) is 257 Å². The molecule has 0 saturated heterocycles. The number of hydrogen-bond donors (Lipinski definition) is 3. The molecule has 0 aliphatic heterocycles. The molecule has 0 aromatic rings. The molecule has 0 radical (unpaired) electrons. The molecule has 0 aromatic heterocycles. The molecule has 6 nitrogen and oxygen atoms in total. The first-order valence-electron chi connectivity index (χ1n) is 27.0. The summed E-state index contributed by atoms with van der Waals surface area (Å²) in [5.41, 5.74) is 0. The number of aliphatic hydroxyl groups excluding tert-OH is 2. The lowest BCUT2D eigenvalue weighted by molar-refractivity contribution is -0.151. The number of rotatable bonds is 47. The second kappa shape index (κ2) is 51.8. The van der Waals surface area contributed by atoms with E-state index < -0.39 is 18.2 Å². The molecule has 1 amide bonds. The highest BCUT2D eigenvalue weighted by molar-refractivity contribution is 5.77. The van der Waals surface area contributed by atoms with Crippen LogP contribution in [0.25, 0.3) is 0 Å². The molecular weight excluding hydrogens is 803 g/mol. The Balaban J connectivity index is 4.71. The molecule has 3 atom stereocenters. The van der Waals surface area contributed by atoms with Gasteiger partial charge in [0.1, 0.15) is 6.10 Å². The number of allylic oxidation sites excluding steroid dienone is 16. The summed E-state index contributed by atoms with van der Waals surface area (Å²) in [6, 6.07) is -0.728. The van der Waals surface area contributed by atoms with Gasteiger partial charge in [-0.3, -0.25) is 9.59 Å². The summed E-state index contributed by atoms with van der Waals surface area (Å²) >= 11 is 0. The molecular formula is C59H101NO5. The number of carbonyl (C=O) groups is 2. The van der Waals surface area contributed by atoms with Gasteiger partial charge in [0.25, 0.3) is 0 Å². The quantitative estimate of drug-likeness (QED) is 0.0321. The molecule has 0 heterocycles. The van der Waals surface area contributed by atoms with Crippen molar-refractivity contribution < 1.29 is 24.5 Å². The van der Waals surface area contributed by atoms with E-state index in [9.17, 15) is 19.8 Å². The molecule has 372 valence electrons. The highest BCUT2D eigenvalue weighted by Gasteiger charge is 2.24. The Hall–Kier alpha value is -3.22. The van der Waals surface area contributed by atoms with Crippen LogP contribution >= 0.6 is 0 Å². The first-order valence-corrected chi connectivity index (χ1v) is 27.0. The van der Waals surface area contributed by atoms with Crippen LogP contribution in [0.15, 0.2) is 97.2 Å². The van der Waals surface area contributed by atoms with Crippen LogP contribution in [0.5, 0.6) is 0 Å². The van der Waals surface area contributed by atoms with E-state index >= 15 is 0 Å². The lowest BCUT2D eigenvalue weighted by Crippen LogP contribution is -2.46. The van der Waals surface area contributed by atoms with Crippen molar-refractivity contribution in [1.82, 2.24) is 5.32 Å². The predicted molar refractivity (Wildman–Crippen MR) is 282 cm³/mol. The van der Waals surface area contributed by atoms with Gasteiger partial charge in [-0.25, -0.2) is 0 Å². The monoisotopic (exact) mass is 904 g/mol. The fraction of sp³-hybridized carbons (Fsp3) is 0.695. The number of esters is 1. The summed E-state index contributed by atoms with van der Waals surface area (Å²) in [5.74, 6) is -0.550. The molecule has 0 bridgehead atoms. The van der Waals surface area contributed by atoms with Crippen molar-refractivity contribution in [3.8, 4) is 0 Å². The van der Waals surface area contributed by atoms with Gasteiger partial charge < -0.3 is 20.3 Å². The van der Waals surface area contributed by atoms with Crippen molar-refractivity contribution in [2.24, 2.45) is 0 Å². The van der Waals surface area contributed by atoms with Gasteiger partial charge in [-0.2, -0.15) is 0 Å². The average molecular weight is 904 g/mol. The summed E-state index contributed by atoms with van der Waals surface area (Å²) in [7, 11) is 0. The van der Waals surface area contributed by atoms with E-state index in [0.29, 0.717) is 19.3 Å². The van der Waals surface area contributed by atoms with E-state index in [4.69, 9.17) is 4.74 Å². The number of amides is 1. The third-order valence-electron chi connectivity index (χ3n) is 11.6. The maximum atomic E-state index is 13.2. The summed E-state index contributed by atoms with van der Waals surface area (Å²) in [4.78, 5) is 26.2. The molecule has 6 heteroatoms. The zero-order chi connectivity index (χ0) is 47.4. The molecule has 0 spiro atoms. The first-order chi connectivity index (χ1) is 32.0. The van der Waals surface area contributed by atoms with Gasteiger partial charge in [0.2, 0.25) is 5.91 Å². The molecule has 0 saturated carbocycles. The van der Waals surface area contributed by atoms with Gasteiger partial charge in [0, 0.05) is 6.42 Å². The molecule has 0 rings (SSSR count). The molecule has 0 aliphatic carbocycles. The molecule has 65 heavy (non-hydrogen) atoms. The number of hydrogen-bond acceptors (Lipinski definition) is 5. The van der Waals surface area contributed by atoms with Crippen molar-refractivity contribution in [3.63, 3.8) is 0 Å². The predicted octanol–water partition coefficient (Wildman–Crippen LogP) is 16.5. The topological polar surface area (TPSA) is 95.9 Å². The van der Waals surface area contributed by atoms with E-state index in [1.54, 1.807) is 0 Å². The van der Waals surface area contributed by atoms with Crippen LogP contribution in [0, 0.1) is 0 Å². The van der Waals surface area contributed by atoms with Crippen molar-refractivity contribution in [1.29, 1.82) is 0 Å². The minimum absolute atomic E-state index is 0.0279. The van der Waals surface area contributed by atoms with Gasteiger partial charge in [-0.1, -0.05) is 221 Å². The third-order valence-corrected chi connectivity index (χ3v) is 11.6. The Kier molecular flexibility index (Phi) is 49.2. The van der Waals surface area contributed by atoms with E-state index in [0.717, 1.165) is 103 Å². The maximum Gasteiger partial charge on any atom is 0.306 e. The summed E-state index contributed by atoms with van der Waals surface area (Å²) < 4.78 is 5.91. The van der Waals surface area contributed by atoms with Crippen molar-refractivity contribution in [2.75, 3.05) is 6.61 Å². The van der Waals surface area contributed by atoms with Crippen LogP contribution in [0.4, 0.5) is 0 Å². The normalized spacial score (nSPS) is 14.0. The lowest BCUT2D eigenvalue weighted by Gasteiger charge is -2.24. The third kappa shape index (κ3) is 47.1. The number of carbonyl (C=O) groups excluding carboxylic acids is 2. The van der Waals surface area contributed by atoms with E-state index in [2.05, 4.69) is 123 Å². The Morgan fingerprint density at radius 2 is 0.846 bits per heavy atom. The largest absolute Gasteiger partial charge is 0.462 e.